The normalized spacial score (nSPS) is 17.5. The van der Waals surface area contributed by atoms with E-state index in [1.165, 1.54) is 38.4 Å². The van der Waals surface area contributed by atoms with Crippen LogP contribution in [0.15, 0.2) is 58.3 Å². The molecule has 3 rings (SSSR count). The van der Waals surface area contributed by atoms with Gasteiger partial charge < -0.3 is 0 Å². The van der Waals surface area contributed by atoms with Crippen LogP contribution in [0.1, 0.15) is 43.9 Å². The van der Waals surface area contributed by atoms with Crippen LogP contribution in [-0.2, 0) is 26.5 Å². The number of benzene rings is 2. The quantitative estimate of drug-likeness (QED) is 0.667. The molecule has 29 heavy (non-hydrogen) atoms. The van der Waals surface area contributed by atoms with Crippen LogP contribution in [0, 0.1) is 0 Å². The van der Waals surface area contributed by atoms with Crippen molar-refractivity contribution in [3.05, 3.63) is 59.7 Å². The van der Waals surface area contributed by atoms with Crippen molar-refractivity contribution in [2.75, 3.05) is 20.1 Å². The first-order valence-electron chi connectivity index (χ1n) is 9.89. The molecule has 2 aromatic rings. The minimum absolute atomic E-state index is 0.0987. The molecule has 0 aliphatic heterocycles. The third kappa shape index (κ3) is 4.12. The van der Waals surface area contributed by atoms with Crippen molar-refractivity contribution in [1.29, 1.82) is 0 Å². The average Bonchev–Trinajstić information content (AvgIpc) is 2.73. The molecule has 158 valence electrons. The molecule has 8 heteroatoms. The Morgan fingerprint density at radius 3 is 2.00 bits per heavy atom. The Bertz CT molecular complexity index is 1060. The molecular weight excluding hydrogens is 408 g/mol. The van der Waals surface area contributed by atoms with E-state index in [-0.39, 0.29) is 15.8 Å². The van der Waals surface area contributed by atoms with Gasteiger partial charge in [0.25, 0.3) is 0 Å². The molecule has 6 nitrogen and oxygen atoms in total. The van der Waals surface area contributed by atoms with Crippen molar-refractivity contribution in [3.8, 4) is 0 Å². The molecule has 1 aliphatic rings. The predicted molar refractivity (Wildman–Crippen MR) is 114 cm³/mol. The molecule has 0 N–H and O–H groups in total. The largest absolute Gasteiger partial charge is 0.243 e. The van der Waals surface area contributed by atoms with E-state index in [0.717, 1.165) is 24.8 Å². The van der Waals surface area contributed by atoms with Gasteiger partial charge in [-0.3, -0.25) is 0 Å². The number of hydrogen-bond donors (Lipinski definition) is 0. The third-order valence-electron chi connectivity index (χ3n) is 5.62. The lowest BCUT2D eigenvalue weighted by Gasteiger charge is -2.32. The summed E-state index contributed by atoms with van der Waals surface area (Å²) < 4.78 is 54.5. The minimum atomic E-state index is -3.75. The fraction of sp³-hybridized carbons (Fsp3) is 0.429. The highest BCUT2D eigenvalue weighted by Gasteiger charge is 2.32. The van der Waals surface area contributed by atoms with Crippen molar-refractivity contribution < 1.29 is 16.8 Å². The molecule has 2 aromatic carbocycles. The molecule has 0 amide bonds. The maximum atomic E-state index is 13.2. The number of nitrogens with zero attached hydrogens (tertiary/aromatic N) is 2. The lowest BCUT2D eigenvalue weighted by Crippen LogP contribution is -2.33. The molecular formula is C21H28N2O4S2. The Labute approximate surface area is 174 Å². The number of sulfonamides is 2. The summed E-state index contributed by atoms with van der Waals surface area (Å²) in [6.45, 7) is 4.28. The van der Waals surface area contributed by atoms with Crippen molar-refractivity contribution in [3.63, 3.8) is 0 Å². The number of fused-ring (bicyclic) bond motifs is 1. The molecule has 0 saturated carbocycles. The van der Waals surface area contributed by atoms with E-state index in [4.69, 9.17) is 0 Å². The molecule has 1 atom stereocenters. The summed E-state index contributed by atoms with van der Waals surface area (Å²) in [6, 6.07) is 13.3. The number of hydrogen-bond acceptors (Lipinski definition) is 4. The van der Waals surface area contributed by atoms with Crippen molar-refractivity contribution in [2.45, 2.75) is 48.9 Å². The molecule has 0 aromatic heterocycles. The first-order valence-corrected chi connectivity index (χ1v) is 12.8. The SMILES string of the molecule is CCN(CC)S(=O)(=O)c1ccc(S(=O)(=O)N(C)C2CCCc3ccccc32)cc1. The summed E-state index contributed by atoms with van der Waals surface area (Å²) in [7, 11) is -5.77. The molecule has 1 unspecified atom stereocenters. The smallest absolute Gasteiger partial charge is 0.207 e. The van der Waals surface area contributed by atoms with Gasteiger partial charge in [-0.15, -0.1) is 0 Å². The monoisotopic (exact) mass is 436 g/mol. The van der Waals surface area contributed by atoms with Gasteiger partial charge in [-0.2, -0.15) is 8.61 Å². The van der Waals surface area contributed by atoms with Crippen LogP contribution in [0.3, 0.4) is 0 Å². The summed E-state index contributed by atoms with van der Waals surface area (Å²) >= 11 is 0. The van der Waals surface area contributed by atoms with E-state index in [2.05, 4.69) is 6.07 Å². The van der Waals surface area contributed by atoms with Gasteiger partial charge in [-0.05, 0) is 54.7 Å². The van der Waals surface area contributed by atoms with E-state index in [1.54, 1.807) is 20.9 Å². The van der Waals surface area contributed by atoms with Crippen LogP contribution in [0.2, 0.25) is 0 Å². The van der Waals surface area contributed by atoms with E-state index in [0.29, 0.717) is 13.1 Å². The Morgan fingerprint density at radius 2 is 1.41 bits per heavy atom. The van der Waals surface area contributed by atoms with Gasteiger partial charge >= 0.3 is 0 Å². The molecule has 0 heterocycles. The molecule has 0 bridgehead atoms. The summed E-state index contributed by atoms with van der Waals surface area (Å²) in [6.07, 6.45) is 2.65. The van der Waals surface area contributed by atoms with Gasteiger partial charge in [0, 0.05) is 26.2 Å². The fourth-order valence-corrected chi connectivity index (χ4v) is 6.76. The van der Waals surface area contributed by atoms with Gasteiger partial charge in [0.15, 0.2) is 0 Å². The Balaban J connectivity index is 1.91. The van der Waals surface area contributed by atoms with Gasteiger partial charge in [-0.1, -0.05) is 38.1 Å². The zero-order valence-corrected chi connectivity index (χ0v) is 18.7. The van der Waals surface area contributed by atoms with Crippen molar-refractivity contribution >= 4 is 20.0 Å². The lowest BCUT2D eigenvalue weighted by atomic mass is 9.88. The fourth-order valence-electron chi connectivity index (χ4n) is 3.94. The Kier molecular flexibility index (Phi) is 6.48. The maximum absolute atomic E-state index is 13.2. The number of aryl methyl sites for hydroxylation is 1. The van der Waals surface area contributed by atoms with Crippen molar-refractivity contribution in [2.24, 2.45) is 0 Å². The minimum Gasteiger partial charge on any atom is -0.207 e. The summed E-state index contributed by atoms with van der Waals surface area (Å²) in [4.78, 5) is 0.201. The van der Waals surface area contributed by atoms with E-state index in [1.807, 2.05) is 18.2 Å². The summed E-state index contributed by atoms with van der Waals surface area (Å²) in [5, 5.41) is 0. The van der Waals surface area contributed by atoms with Crippen LogP contribution >= 0.6 is 0 Å². The first kappa shape index (κ1) is 22.0. The number of rotatable bonds is 7. The zero-order chi connectivity index (χ0) is 21.2. The standard InChI is InChI=1S/C21H28N2O4S2/c1-4-23(5-2)29(26,27)19-15-13-18(14-16-19)28(24,25)22(3)21-12-8-10-17-9-6-7-11-20(17)21/h6-7,9,11,13-16,21H,4-5,8,10,12H2,1-3H3. The topological polar surface area (TPSA) is 74.8 Å². The van der Waals surface area contributed by atoms with Gasteiger partial charge in [0.2, 0.25) is 20.0 Å². The Hall–Kier alpha value is -1.74. The van der Waals surface area contributed by atoms with Gasteiger partial charge in [0.1, 0.15) is 0 Å². The molecule has 0 radical (unpaired) electrons. The highest BCUT2D eigenvalue weighted by Crippen LogP contribution is 2.36. The van der Waals surface area contributed by atoms with Crippen LogP contribution < -0.4 is 0 Å². The second-order valence-corrected chi connectivity index (χ2v) is 11.1. The Morgan fingerprint density at radius 1 is 0.862 bits per heavy atom. The first-order chi connectivity index (χ1) is 13.7. The molecule has 0 spiro atoms. The van der Waals surface area contributed by atoms with E-state index < -0.39 is 20.0 Å². The summed E-state index contributed by atoms with van der Waals surface area (Å²) in [5.41, 5.74) is 2.23. The summed E-state index contributed by atoms with van der Waals surface area (Å²) in [5.74, 6) is 0. The average molecular weight is 437 g/mol. The van der Waals surface area contributed by atoms with E-state index >= 15 is 0 Å². The molecule has 0 saturated heterocycles. The second kappa shape index (κ2) is 8.55. The third-order valence-corrected chi connectivity index (χ3v) is 9.57. The van der Waals surface area contributed by atoms with Crippen molar-refractivity contribution in [1.82, 2.24) is 8.61 Å². The highest BCUT2D eigenvalue weighted by molar-refractivity contribution is 7.89. The van der Waals surface area contributed by atoms with Gasteiger partial charge in [0.05, 0.1) is 9.79 Å². The van der Waals surface area contributed by atoms with E-state index in [9.17, 15) is 16.8 Å². The van der Waals surface area contributed by atoms with Crippen LogP contribution in [0.25, 0.3) is 0 Å². The maximum Gasteiger partial charge on any atom is 0.243 e. The highest BCUT2D eigenvalue weighted by atomic mass is 32.2. The van der Waals surface area contributed by atoms with Crippen LogP contribution in [0.4, 0.5) is 0 Å². The predicted octanol–water partition coefficient (Wildman–Crippen LogP) is 3.42. The molecule has 0 fully saturated rings. The van der Waals surface area contributed by atoms with Crippen LogP contribution in [0.5, 0.6) is 0 Å². The van der Waals surface area contributed by atoms with Crippen LogP contribution in [-0.4, -0.2) is 45.6 Å². The second-order valence-electron chi connectivity index (χ2n) is 7.19. The molecule has 1 aliphatic carbocycles. The van der Waals surface area contributed by atoms with Gasteiger partial charge in [-0.25, -0.2) is 16.8 Å². The lowest BCUT2D eigenvalue weighted by molar-refractivity contribution is 0.337. The zero-order valence-electron chi connectivity index (χ0n) is 17.1.